The standard InChI is InChI=1S/C9H9Cl3O/c1-2-7(13)5-3-4-6(10)9(12)8(5)11/h3-4,7,13H,2H2,1H3. The van der Waals surface area contributed by atoms with Gasteiger partial charge in [-0.1, -0.05) is 47.8 Å². The summed E-state index contributed by atoms with van der Waals surface area (Å²) in [7, 11) is 0. The summed E-state index contributed by atoms with van der Waals surface area (Å²) in [4.78, 5) is 0. The fraction of sp³-hybridized carbons (Fsp3) is 0.333. The van der Waals surface area contributed by atoms with Gasteiger partial charge < -0.3 is 5.11 Å². The van der Waals surface area contributed by atoms with E-state index < -0.39 is 6.10 Å². The molecule has 1 aromatic carbocycles. The van der Waals surface area contributed by atoms with E-state index in [0.29, 0.717) is 27.1 Å². The second-order valence-electron chi connectivity index (χ2n) is 2.69. The highest BCUT2D eigenvalue weighted by Crippen LogP contribution is 2.36. The van der Waals surface area contributed by atoms with E-state index in [2.05, 4.69) is 0 Å². The number of halogens is 3. The van der Waals surface area contributed by atoms with Gasteiger partial charge in [-0.3, -0.25) is 0 Å². The monoisotopic (exact) mass is 238 g/mol. The summed E-state index contributed by atoms with van der Waals surface area (Å²) >= 11 is 17.4. The summed E-state index contributed by atoms with van der Waals surface area (Å²) < 4.78 is 0. The summed E-state index contributed by atoms with van der Waals surface area (Å²) in [6.45, 7) is 1.86. The van der Waals surface area contributed by atoms with Gasteiger partial charge in [0.2, 0.25) is 0 Å². The molecule has 0 radical (unpaired) electrons. The molecule has 0 aliphatic carbocycles. The van der Waals surface area contributed by atoms with Crippen LogP contribution in [0.25, 0.3) is 0 Å². The van der Waals surface area contributed by atoms with E-state index in [4.69, 9.17) is 34.8 Å². The quantitative estimate of drug-likeness (QED) is 0.771. The Bertz CT molecular complexity index is 312. The Labute approximate surface area is 92.2 Å². The van der Waals surface area contributed by atoms with Crippen LogP contribution in [0.1, 0.15) is 25.0 Å². The lowest BCUT2D eigenvalue weighted by Gasteiger charge is -2.11. The molecule has 0 heterocycles. The second-order valence-corrected chi connectivity index (χ2v) is 3.85. The molecule has 1 atom stereocenters. The van der Waals surface area contributed by atoms with Gasteiger partial charge in [-0.05, 0) is 12.5 Å². The largest absolute Gasteiger partial charge is 0.388 e. The molecule has 0 aliphatic heterocycles. The van der Waals surface area contributed by atoms with Crippen LogP contribution in [-0.4, -0.2) is 5.11 Å². The van der Waals surface area contributed by atoms with Gasteiger partial charge in [0.1, 0.15) is 0 Å². The minimum absolute atomic E-state index is 0.299. The lowest BCUT2D eigenvalue weighted by atomic mass is 10.1. The molecule has 72 valence electrons. The second kappa shape index (κ2) is 4.52. The zero-order valence-electron chi connectivity index (χ0n) is 7.02. The fourth-order valence-electron chi connectivity index (χ4n) is 1.02. The van der Waals surface area contributed by atoms with Crippen molar-refractivity contribution in [3.63, 3.8) is 0 Å². The summed E-state index contributed by atoms with van der Waals surface area (Å²) in [5.74, 6) is 0. The van der Waals surface area contributed by atoms with E-state index in [1.807, 2.05) is 6.92 Å². The highest BCUT2D eigenvalue weighted by molar-refractivity contribution is 6.48. The fourth-order valence-corrected chi connectivity index (χ4v) is 1.69. The van der Waals surface area contributed by atoms with Crippen LogP contribution in [0.5, 0.6) is 0 Å². The first kappa shape index (κ1) is 11.1. The van der Waals surface area contributed by atoms with Crippen molar-refractivity contribution in [3.8, 4) is 0 Å². The average molecular weight is 240 g/mol. The summed E-state index contributed by atoms with van der Waals surface area (Å²) in [6, 6.07) is 3.31. The van der Waals surface area contributed by atoms with Crippen LogP contribution < -0.4 is 0 Å². The highest BCUT2D eigenvalue weighted by atomic mass is 35.5. The SMILES string of the molecule is CCC(O)c1ccc(Cl)c(Cl)c1Cl. The van der Waals surface area contributed by atoms with E-state index in [9.17, 15) is 5.11 Å². The molecule has 1 N–H and O–H groups in total. The van der Waals surface area contributed by atoms with Gasteiger partial charge in [-0.2, -0.15) is 0 Å². The maximum absolute atomic E-state index is 9.54. The first-order chi connectivity index (χ1) is 6.07. The molecule has 1 aromatic rings. The van der Waals surface area contributed by atoms with Crippen LogP contribution in [0.3, 0.4) is 0 Å². The maximum atomic E-state index is 9.54. The molecule has 0 bridgehead atoms. The number of rotatable bonds is 2. The third-order valence-corrected chi connectivity index (χ3v) is 3.12. The molecular formula is C9H9Cl3O. The predicted octanol–water partition coefficient (Wildman–Crippen LogP) is 4.09. The molecule has 13 heavy (non-hydrogen) atoms. The van der Waals surface area contributed by atoms with Crippen LogP contribution in [0.15, 0.2) is 12.1 Å². The van der Waals surface area contributed by atoms with Crippen molar-refractivity contribution in [3.05, 3.63) is 32.8 Å². The van der Waals surface area contributed by atoms with Crippen LogP contribution in [0.2, 0.25) is 15.1 Å². The van der Waals surface area contributed by atoms with Crippen LogP contribution in [0, 0.1) is 0 Å². The third kappa shape index (κ3) is 2.29. The number of benzene rings is 1. The molecule has 0 spiro atoms. The minimum Gasteiger partial charge on any atom is -0.388 e. The van der Waals surface area contributed by atoms with E-state index >= 15 is 0 Å². The lowest BCUT2D eigenvalue weighted by molar-refractivity contribution is 0.174. The van der Waals surface area contributed by atoms with Gasteiger partial charge >= 0.3 is 0 Å². The third-order valence-electron chi connectivity index (χ3n) is 1.81. The smallest absolute Gasteiger partial charge is 0.0802 e. The number of aliphatic hydroxyl groups excluding tert-OH is 1. The van der Waals surface area contributed by atoms with Crippen molar-refractivity contribution in [1.29, 1.82) is 0 Å². The molecule has 0 saturated heterocycles. The average Bonchev–Trinajstić information content (AvgIpc) is 2.13. The van der Waals surface area contributed by atoms with Gasteiger partial charge in [0.15, 0.2) is 0 Å². The van der Waals surface area contributed by atoms with Crippen molar-refractivity contribution < 1.29 is 5.11 Å². The minimum atomic E-state index is -0.581. The topological polar surface area (TPSA) is 20.2 Å². The summed E-state index contributed by atoms with van der Waals surface area (Å²) in [5, 5.41) is 10.6. The number of hydrogen-bond donors (Lipinski definition) is 1. The van der Waals surface area contributed by atoms with E-state index in [1.165, 1.54) is 0 Å². The molecule has 4 heteroatoms. The molecule has 0 amide bonds. The van der Waals surface area contributed by atoms with E-state index in [-0.39, 0.29) is 0 Å². The van der Waals surface area contributed by atoms with Gasteiger partial charge in [0.05, 0.1) is 21.2 Å². The first-order valence-electron chi connectivity index (χ1n) is 3.89. The van der Waals surface area contributed by atoms with E-state index in [1.54, 1.807) is 12.1 Å². The van der Waals surface area contributed by atoms with Crippen LogP contribution in [-0.2, 0) is 0 Å². The molecule has 1 nitrogen and oxygen atoms in total. The number of aliphatic hydroxyl groups is 1. The molecule has 0 saturated carbocycles. The van der Waals surface area contributed by atoms with Crippen LogP contribution >= 0.6 is 34.8 Å². The summed E-state index contributed by atoms with van der Waals surface area (Å²) in [6.07, 6.45) is 0.0137. The molecular weight excluding hydrogens is 230 g/mol. The highest BCUT2D eigenvalue weighted by Gasteiger charge is 2.13. The zero-order valence-corrected chi connectivity index (χ0v) is 9.29. The maximum Gasteiger partial charge on any atom is 0.0802 e. The lowest BCUT2D eigenvalue weighted by Crippen LogP contribution is -1.96. The van der Waals surface area contributed by atoms with Gasteiger partial charge in [-0.25, -0.2) is 0 Å². The Hall–Kier alpha value is 0.0500. The van der Waals surface area contributed by atoms with Crippen molar-refractivity contribution >= 4 is 34.8 Å². The first-order valence-corrected chi connectivity index (χ1v) is 5.02. The predicted molar refractivity (Wildman–Crippen MR) is 56.7 cm³/mol. The van der Waals surface area contributed by atoms with E-state index in [0.717, 1.165) is 0 Å². The number of hydrogen-bond acceptors (Lipinski definition) is 1. The van der Waals surface area contributed by atoms with Gasteiger partial charge in [0.25, 0.3) is 0 Å². The normalized spacial score (nSPS) is 13.0. The van der Waals surface area contributed by atoms with Crippen molar-refractivity contribution in [1.82, 2.24) is 0 Å². The molecule has 0 aliphatic rings. The zero-order chi connectivity index (χ0) is 10.0. The Morgan fingerprint density at radius 1 is 1.23 bits per heavy atom. The van der Waals surface area contributed by atoms with Crippen molar-refractivity contribution in [2.45, 2.75) is 19.4 Å². The Kier molecular flexibility index (Phi) is 3.87. The van der Waals surface area contributed by atoms with Gasteiger partial charge in [-0.15, -0.1) is 0 Å². The Morgan fingerprint density at radius 3 is 2.38 bits per heavy atom. The van der Waals surface area contributed by atoms with Gasteiger partial charge in [0, 0.05) is 5.56 Å². The molecule has 1 rings (SSSR count). The van der Waals surface area contributed by atoms with Crippen LogP contribution in [0.4, 0.5) is 0 Å². The Balaban J connectivity index is 3.18. The van der Waals surface area contributed by atoms with Crippen molar-refractivity contribution in [2.75, 3.05) is 0 Å². The molecule has 0 aromatic heterocycles. The molecule has 1 unspecified atom stereocenters. The summed E-state index contributed by atoms with van der Waals surface area (Å²) in [5.41, 5.74) is 0.624. The van der Waals surface area contributed by atoms with Crippen molar-refractivity contribution in [2.24, 2.45) is 0 Å². The molecule has 0 fully saturated rings. The Morgan fingerprint density at radius 2 is 1.85 bits per heavy atom.